The molecule has 1 N–H and O–H groups in total. The van der Waals surface area contributed by atoms with Crippen LogP contribution in [0.1, 0.15) is 21.1 Å². The molecule has 0 radical (unpaired) electrons. The molecule has 0 spiro atoms. The van der Waals surface area contributed by atoms with Crippen molar-refractivity contribution in [2.24, 2.45) is 0 Å². The fourth-order valence-electron chi connectivity index (χ4n) is 2.89. The van der Waals surface area contributed by atoms with Gasteiger partial charge in [0.05, 0.1) is 16.3 Å². The van der Waals surface area contributed by atoms with Gasteiger partial charge in [0, 0.05) is 25.0 Å². The summed E-state index contributed by atoms with van der Waals surface area (Å²) in [4.78, 5) is 22.4. The van der Waals surface area contributed by atoms with Crippen LogP contribution in [0.2, 0.25) is 0 Å². The number of nitrogens with zero attached hydrogens (tertiary/aromatic N) is 3. The first-order chi connectivity index (χ1) is 15.1. The molecule has 0 bridgehead atoms. The first kappa shape index (κ1) is 22.3. The third-order valence-electron chi connectivity index (χ3n) is 4.61. The van der Waals surface area contributed by atoms with Crippen molar-refractivity contribution >= 4 is 43.7 Å². The lowest BCUT2D eigenvalue weighted by atomic mass is 10.2. The highest BCUT2D eigenvalue weighted by Crippen LogP contribution is 2.31. The smallest absolute Gasteiger partial charge is 0.269 e. The number of furan rings is 1. The quantitative estimate of drug-likeness (QED) is 0.424. The third-order valence-corrected chi connectivity index (χ3v) is 8.37. The van der Waals surface area contributed by atoms with E-state index in [0.717, 1.165) is 11.3 Å². The van der Waals surface area contributed by atoms with Gasteiger partial charge in [-0.15, -0.1) is 22.7 Å². The molecule has 0 aliphatic rings. The topological polar surface area (TPSA) is 105 Å². The van der Waals surface area contributed by atoms with Gasteiger partial charge in [0.25, 0.3) is 5.91 Å². The largest absolute Gasteiger partial charge is 0.459 e. The van der Waals surface area contributed by atoms with Crippen molar-refractivity contribution in [3.63, 3.8) is 0 Å². The van der Waals surface area contributed by atoms with E-state index in [4.69, 9.17) is 4.42 Å². The number of aromatic nitrogens is 2. The molecule has 0 saturated carbocycles. The predicted molar refractivity (Wildman–Crippen MR) is 126 cm³/mol. The number of sulfonamides is 1. The Balaban J connectivity index is 1.50. The SMILES string of the molecule is Cc1ccc(-c2nc(C)c(C(=O)Nc3nc(-c4ccc(S(=O)(=O)N(C)C)cc4)cs3)s2)o1. The minimum Gasteiger partial charge on any atom is -0.459 e. The van der Waals surface area contributed by atoms with Crippen molar-refractivity contribution in [2.75, 3.05) is 19.4 Å². The summed E-state index contributed by atoms with van der Waals surface area (Å²) in [6, 6.07) is 10.2. The van der Waals surface area contributed by atoms with E-state index in [1.165, 1.54) is 41.1 Å². The van der Waals surface area contributed by atoms with E-state index in [0.29, 0.717) is 32.2 Å². The highest BCUT2D eigenvalue weighted by molar-refractivity contribution is 7.89. The van der Waals surface area contributed by atoms with Crippen molar-refractivity contribution in [3.8, 4) is 22.0 Å². The van der Waals surface area contributed by atoms with Gasteiger partial charge in [0.1, 0.15) is 10.6 Å². The lowest BCUT2D eigenvalue weighted by molar-refractivity contribution is 0.103. The molecule has 4 aromatic rings. The highest BCUT2D eigenvalue weighted by atomic mass is 32.2. The van der Waals surface area contributed by atoms with Crippen LogP contribution in [0.5, 0.6) is 0 Å². The van der Waals surface area contributed by atoms with Gasteiger partial charge in [0.2, 0.25) is 10.0 Å². The minimum absolute atomic E-state index is 0.207. The van der Waals surface area contributed by atoms with E-state index in [-0.39, 0.29) is 10.8 Å². The number of thiazole rings is 2. The van der Waals surface area contributed by atoms with Crippen molar-refractivity contribution in [1.82, 2.24) is 14.3 Å². The summed E-state index contributed by atoms with van der Waals surface area (Å²) in [6.07, 6.45) is 0. The second kappa shape index (κ2) is 8.58. The van der Waals surface area contributed by atoms with Crippen molar-refractivity contribution < 1.29 is 17.6 Å². The van der Waals surface area contributed by atoms with Crippen LogP contribution in [0, 0.1) is 13.8 Å². The van der Waals surface area contributed by atoms with E-state index in [1.54, 1.807) is 31.2 Å². The summed E-state index contributed by atoms with van der Waals surface area (Å²) in [5.74, 6) is 1.12. The van der Waals surface area contributed by atoms with Gasteiger partial charge in [-0.1, -0.05) is 12.1 Å². The maximum Gasteiger partial charge on any atom is 0.269 e. The zero-order chi connectivity index (χ0) is 23.0. The normalized spacial score (nSPS) is 11.8. The molecule has 0 aliphatic carbocycles. The maximum absolute atomic E-state index is 12.8. The number of amides is 1. The average Bonchev–Trinajstić information content (AvgIpc) is 3.48. The summed E-state index contributed by atoms with van der Waals surface area (Å²) in [5.41, 5.74) is 2.02. The molecule has 11 heteroatoms. The van der Waals surface area contributed by atoms with Gasteiger partial charge in [-0.25, -0.2) is 22.7 Å². The van der Waals surface area contributed by atoms with Crippen molar-refractivity contribution in [2.45, 2.75) is 18.7 Å². The summed E-state index contributed by atoms with van der Waals surface area (Å²) in [6.45, 7) is 3.63. The number of benzene rings is 1. The van der Waals surface area contributed by atoms with Gasteiger partial charge in [-0.3, -0.25) is 10.1 Å². The maximum atomic E-state index is 12.8. The van der Waals surface area contributed by atoms with Gasteiger partial charge in [-0.05, 0) is 38.1 Å². The fraction of sp³-hybridized carbons (Fsp3) is 0.190. The second-order valence-corrected chi connectivity index (χ2v) is 11.2. The molecule has 166 valence electrons. The fourth-order valence-corrected chi connectivity index (χ4v) is 5.43. The molecule has 0 fully saturated rings. The van der Waals surface area contributed by atoms with Crippen LogP contribution < -0.4 is 5.32 Å². The van der Waals surface area contributed by atoms with Crippen LogP contribution >= 0.6 is 22.7 Å². The Bertz CT molecular complexity index is 1380. The molecule has 0 unspecified atom stereocenters. The average molecular weight is 489 g/mol. The Hall–Kier alpha value is -2.86. The molecular weight excluding hydrogens is 468 g/mol. The summed E-state index contributed by atoms with van der Waals surface area (Å²) < 4.78 is 31.2. The van der Waals surface area contributed by atoms with Crippen LogP contribution in [0.4, 0.5) is 5.13 Å². The van der Waals surface area contributed by atoms with Gasteiger partial charge < -0.3 is 4.42 Å². The number of hydrogen-bond acceptors (Lipinski definition) is 8. The zero-order valence-corrected chi connectivity index (χ0v) is 20.2. The number of carbonyl (C=O) groups excluding carboxylic acids is 1. The lowest BCUT2D eigenvalue weighted by Crippen LogP contribution is -2.22. The molecule has 3 aromatic heterocycles. The van der Waals surface area contributed by atoms with E-state index < -0.39 is 10.0 Å². The summed E-state index contributed by atoms with van der Waals surface area (Å²) >= 11 is 2.55. The molecule has 0 saturated heterocycles. The van der Waals surface area contributed by atoms with E-state index >= 15 is 0 Å². The monoisotopic (exact) mass is 488 g/mol. The van der Waals surface area contributed by atoms with E-state index in [1.807, 2.05) is 24.4 Å². The van der Waals surface area contributed by atoms with Crippen LogP contribution in [-0.2, 0) is 10.0 Å². The molecular formula is C21H20N4O4S3. The first-order valence-corrected chi connectivity index (χ1v) is 12.6. The van der Waals surface area contributed by atoms with Gasteiger partial charge >= 0.3 is 0 Å². The Kier molecular flexibility index (Phi) is 5.99. The Morgan fingerprint density at radius 1 is 1.06 bits per heavy atom. The van der Waals surface area contributed by atoms with Crippen molar-refractivity contribution in [3.05, 3.63) is 58.1 Å². The number of aryl methyl sites for hydroxylation is 2. The van der Waals surface area contributed by atoms with Gasteiger partial charge in [-0.2, -0.15) is 0 Å². The van der Waals surface area contributed by atoms with Crippen molar-refractivity contribution in [1.29, 1.82) is 0 Å². The summed E-state index contributed by atoms with van der Waals surface area (Å²) in [5, 5.41) is 5.71. The minimum atomic E-state index is -3.49. The lowest BCUT2D eigenvalue weighted by Gasteiger charge is -2.11. The van der Waals surface area contributed by atoms with Crippen LogP contribution in [0.15, 0.2) is 51.1 Å². The highest BCUT2D eigenvalue weighted by Gasteiger charge is 2.20. The molecule has 4 rings (SSSR count). The summed E-state index contributed by atoms with van der Waals surface area (Å²) in [7, 11) is -0.515. The number of anilines is 1. The molecule has 0 aliphatic heterocycles. The molecule has 1 amide bonds. The molecule has 1 aromatic carbocycles. The Morgan fingerprint density at radius 2 is 1.78 bits per heavy atom. The molecule has 3 heterocycles. The van der Waals surface area contributed by atoms with Crippen LogP contribution in [0.3, 0.4) is 0 Å². The molecule has 0 atom stereocenters. The Morgan fingerprint density at radius 3 is 2.41 bits per heavy atom. The standard InChI is InChI=1S/C21H20N4O4S3/c1-12-5-10-17(29-12)20-22-13(2)18(31-20)19(26)24-21-23-16(11-30-21)14-6-8-15(9-7-14)32(27,28)25(3)4/h5-11H,1-4H3,(H,23,24,26). The first-order valence-electron chi connectivity index (χ1n) is 9.49. The van der Waals surface area contributed by atoms with E-state index in [9.17, 15) is 13.2 Å². The molecule has 32 heavy (non-hydrogen) atoms. The van der Waals surface area contributed by atoms with Crippen LogP contribution in [0.25, 0.3) is 22.0 Å². The van der Waals surface area contributed by atoms with Crippen LogP contribution in [-0.4, -0.2) is 42.7 Å². The third kappa shape index (κ3) is 4.37. The number of carbonyl (C=O) groups is 1. The number of nitrogens with one attached hydrogen (secondary N) is 1. The number of hydrogen-bond donors (Lipinski definition) is 1. The Labute approximate surface area is 193 Å². The zero-order valence-electron chi connectivity index (χ0n) is 17.7. The predicted octanol–water partition coefficient (Wildman–Crippen LogP) is 4.65. The molecule has 8 nitrogen and oxygen atoms in total. The van der Waals surface area contributed by atoms with Gasteiger partial charge in [0.15, 0.2) is 15.9 Å². The van der Waals surface area contributed by atoms with E-state index in [2.05, 4.69) is 15.3 Å². The second-order valence-electron chi connectivity index (χ2n) is 7.15. The number of rotatable bonds is 6.